The van der Waals surface area contributed by atoms with E-state index < -0.39 is 5.97 Å². The van der Waals surface area contributed by atoms with Crippen molar-refractivity contribution in [1.29, 1.82) is 0 Å². The van der Waals surface area contributed by atoms with Crippen molar-refractivity contribution in [3.63, 3.8) is 0 Å². The van der Waals surface area contributed by atoms with E-state index in [-0.39, 0.29) is 23.8 Å². The highest BCUT2D eigenvalue weighted by molar-refractivity contribution is 6.31. The molecule has 0 unspecified atom stereocenters. The molecule has 0 amide bonds. The van der Waals surface area contributed by atoms with Crippen molar-refractivity contribution in [3.8, 4) is 5.75 Å². The fourth-order valence-electron chi connectivity index (χ4n) is 1.12. The number of carbonyl (C=O) groups is 1. The minimum Gasteiger partial charge on any atom is -0.505 e. The zero-order chi connectivity index (χ0) is 12.1. The van der Waals surface area contributed by atoms with Crippen LogP contribution in [0.15, 0.2) is 18.2 Å². The van der Waals surface area contributed by atoms with Crippen molar-refractivity contribution >= 4 is 41.7 Å². The first kappa shape index (κ1) is 15.6. The number of esters is 1. The van der Waals surface area contributed by atoms with Gasteiger partial charge in [0.25, 0.3) is 0 Å². The number of benzene rings is 1. The van der Waals surface area contributed by atoms with Gasteiger partial charge in [0, 0.05) is 16.7 Å². The van der Waals surface area contributed by atoms with E-state index in [0.29, 0.717) is 17.2 Å². The molecule has 0 aromatic heterocycles. The molecule has 94 valence electrons. The molecule has 0 heterocycles. The summed E-state index contributed by atoms with van der Waals surface area (Å²) >= 11 is 5.76. The Kier molecular flexibility index (Phi) is 6.46. The monoisotopic (exact) mass is 277 g/mol. The van der Waals surface area contributed by atoms with Gasteiger partial charge in [0.05, 0.1) is 12.3 Å². The number of nitrogen functional groups attached to an aromatic ring is 1. The molecular weight excluding hydrogens is 265 g/mol. The lowest BCUT2D eigenvalue weighted by Crippen LogP contribution is -1.98. The number of anilines is 1. The summed E-state index contributed by atoms with van der Waals surface area (Å²) in [6, 6.07) is 2.93. The topological polar surface area (TPSA) is 72.5 Å². The molecule has 0 saturated heterocycles. The van der Waals surface area contributed by atoms with E-state index in [4.69, 9.17) is 22.1 Å². The largest absolute Gasteiger partial charge is 0.505 e. The molecular formula is C11H13Cl2NO3. The Balaban J connectivity index is 0.00000256. The first-order valence-corrected chi connectivity index (χ1v) is 5.05. The molecule has 0 bridgehead atoms. The summed E-state index contributed by atoms with van der Waals surface area (Å²) in [5, 5.41) is 9.97. The summed E-state index contributed by atoms with van der Waals surface area (Å²) in [5.74, 6) is -0.592. The van der Waals surface area contributed by atoms with Crippen molar-refractivity contribution in [2.75, 3.05) is 12.3 Å². The van der Waals surface area contributed by atoms with Crippen LogP contribution in [0.5, 0.6) is 5.75 Å². The van der Waals surface area contributed by atoms with Gasteiger partial charge in [-0.05, 0) is 25.1 Å². The van der Waals surface area contributed by atoms with Crippen LogP contribution >= 0.6 is 24.0 Å². The van der Waals surface area contributed by atoms with Crippen molar-refractivity contribution in [2.45, 2.75) is 6.92 Å². The maximum Gasteiger partial charge on any atom is 0.330 e. The molecule has 3 N–H and O–H groups in total. The maximum atomic E-state index is 11.0. The Morgan fingerprint density at radius 2 is 2.24 bits per heavy atom. The van der Waals surface area contributed by atoms with E-state index in [1.807, 2.05) is 0 Å². The van der Waals surface area contributed by atoms with Gasteiger partial charge in [-0.2, -0.15) is 0 Å². The standard InChI is InChI=1S/C11H12ClNO3.ClH/c1-2-16-10(14)4-3-7-5-8(12)6-9(13)11(7)15;/h3-6,15H,2,13H2,1H3;1H/b4-3+;. The van der Waals surface area contributed by atoms with Gasteiger partial charge in [0.1, 0.15) is 5.75 Å². The van der Waals surface area contributed by atoms with Crippen LogP contribution in [-0.4, -0.2) is 17.7 Å². The van der Waals surface area contributed by atoms with E-state index in [1.54, 1.807) is 6.92 Å². The van der Waals surface area contributed by atoms with E-state index in [9.17, 15) is 9.90 Å². The molecule has 17 heavy (non-hydrogen) atoms. The second-order valence-corrected chi connectivity index (χ2v) is 3.45. The van der Waals surface area contributed by atoms with E-state index in [1.165, 1.54) is 24.3 Å². The molecule has 0 aliphatic rings. The van der Waals surface area contributed by atoms with Crippen molar-refractivity contribution in [2.24, 2.45) is 0 Å². The summed E-state index contributed by atoms with van der Waals surface area (Å²) in [4.78, 5) is 11.0. The Hall–Kier alpha value is -1.39. The van der Waals surface area contributed by atoms with Crippen LogP contribution in [0, 0.1) is 0 Å². The van der Waals surface area contributed by atoms with Gasteiger partial charge in [-0.25, -0.2) is 4.79 Å². The molecule has 0 radical (unpaired) electrons. The normalized spacial score (nSPS) is 10.0. The van der Waals surface area contributed by atoms with Gasteiger partial charge in [-0.1, -0.05) is 11.6 Å². The first-order valence-electron chi connectivity index (χ1n) is 4.67. The van der Waals surface area contributed by atoms with Crippen LogP contribution in [0.3, 0.4) is 0 Å². The van der Waals surface area contributed by atoms with Gasteiger partial charge in [0.15, 0.2) is 0 Å². The number of aromatic hydroxyl groups is 1. The lowest BCUT2D eigenvalue weighted by Gasteiger charge is -2.03. The van der Waals surface area contributed by atoms with Gasteiger partial charge >= 0.3 is 5.97 Å². The van der Waals surface area contributed by atoms with Gasteiger partial charge < -0.3 is 15.6 Å². The summed E-state index contributed by atoms with van der Waals surface area (Å²) < 4.78 is 4.69. The summed E-state index contributed by atoms with van der Waals surface area (Å²) in [6.45, 7) is 2.01. The number of hydrogen-bond donors (Lipinski definition) is 2. The Morgan fingerprint density at radius 1 is 1.59 bits per heavy atom. The number of carbonyl (C=O) groups excluding carboxylic acids is 1. The predicted molar refractivity (Wildman–Crippen MR) is 70.4 cm³/mol. The van der Waals surface area contributed by atoms with E-state index in [2.05, 4.69) is 0 Å². The molecule has 6 heteroatoms. The Labute approximate surface area is 110 Å². The highest BCUT2D eigenvalue weighted by Crippen LogP contribution is 2.29. The van der Waals surface area contributed by atoms with Gasteiger partial charge in [-0.15, -0.1) is 12.4 Å². The molecule has 0 saturated carbocycles. The number of ether oxygens (including phenoxy) is 1. The average molecular weight is 278 g/mol. The van der Waals surface area contributed by atoms with E-state index in [0.717, 1.165) is 0 Å². The molecule has 0 aliphatic carbocycles. The molecule has 1 aromatic rings. The summed E-state index contributed by atoms with van der Waals surface area (Å²) in [7, 11) is 0. The molecule has 0 aliphatic heterocycles. The zero-order valence-electron chi connectivity index (χ0n) is 9.14. The highest BCUT2D eigenvalue weighted by atomic mass is 35.5. The molecule has 0 spiro atoms. The molecule has 0 fully saturated rings. The predicted octanol–water partition coefficient (Wildman–Crippen LogP) is 2.63. The number of nitrogens with two attached hydrogens (primary N) is 1. The van der Waals surface area contributed by atoms with Gasteiger partial charge in [0.2, 0.25) is 0 Å². The highest BCUT2D eigenvalue weighted by Gasteiger charge is 2.05. The molecule has 4 nitrogen and oxygen atoms in total. The van der Waals surface area contributed by atoms with Gasteiger partial charge in [-0.3, -0.25) is 0 Å². The SMILES string of the molecule is CCOC(=O)/C=C/c1cc(Cl)cc(N)c1O.Cl. The number of rotatable bonds is 3. The van der Waals surface area contributed by atoms with Crippen LogP contribution in [0.1, 0.15) is 12.5 Å². The van der Waals surface area contributed by atoms with Crippen LogP contribution in [0.4, 0.5) is 5.69 Å². The average Bonchev–Trinajstić information content (AvgIpc) is 2.21. The second kappa shape index (κ2) is 7.04. The third-order valence-corrected chi connectivity index (χ3v) is 2.04. The smallest absolute Gasteiger partial charge is 0.330 e. The number of hydrogen-bond acceptors (Lipinski definition) is 4. The summed E-state index contributed by atoms with van der Waals surface area (Å²) in [6.07, 6.45) is 2.60. The fourth-order valence-corrected chi connectivity index (χ4v) is 1.35. The first-order chi connectivity index (χ1) is 7.54. The van der Waals surface area contributed by atoms with Crippen molar-refractivity contribution in [1.82, 2.24) is 0 Å². The van der Waals surface area contributed by atoms with Crippen LogP contribution in [0.25, 0.3) is 6.08 Å². The molecule has 1 rings (SSSR count). The van der Waals surface area contributed by atoms with Crippen LogP contribution in [0.2, 0.25) is 5.02 Å². The minimum atomic E-state index is -0.486. The lowest BCUT2D eigenvalue weighted by atomic mass is 10.1. The number of phenolic OH excluding ortho intramolecular Hbond substituents is 1. The van der Waals surface area contributed by atoms with Crippen LogP contribution in [-0.2, 0) is 9.53 Å². The quantitative estimate of drug-likeness (QED) is 0.386. The Morgan fingerprint density at radius 3 is 2.82 bits per heavy atom. The molecule has 0 atom stereocenters. The number of phenols is 1. The minimum absolute atomic E-state index is 0. The fraction of sp³-hybridized carbons (Fsp3) is 0.182. The van der Waals surface area contributed by atoms with Crippen molar-refractivity contribution < 1.29 is 14.6 Å². The van der Waals surface area contributed by atoms with Crippen molar-refractivity contribution in [3.05, 3.63) is 28.8 Å². The second-order valence-electron chi connectivity index (χ2n) is 3.02. The number of halogens is 2. The summed E-state index contributed by atoms with van der Waals surface area (Å²) in [5.41, 5.74) is 6.04. The lowest BCUT2D eigenvalue weighted by molar-refractivity contribution is -0.137. The third kappa shape index (κ3) is 4.54. The maximum absolute atomic E-state index is 11.0. The van der Waals surface area contributed by atoms with Crippen LogP contribution < -0.4 is 5.73 Å². The zero-order valence-corrected chi connectivity index (χ0v) is 10.7. The third-order valence-electron chi connectivity index (χ3n) is 1.82. The Bertz CT molecular complexity index is 433. The molecule has 1 aromatic carbocycles. The van der Waals surface area contributed by atoms with E-state index >= 15 is 0 Å².